The summed E-state index contributed by atoms with van der Waals surface area (Å²) in [7, 11) is -3.72. The number of nitrogens with zero attached hydrogens (tertiary/aromatic N) is 1. The minimum Gasteiger partial charge on any atom is -0.454 e. The Morgan fingerprint density at radius 2 is 1.93 bits per heavy atom. The number of benzene rings is 2. The van der Waals surface area contributed by atoms with Crippen molar-refractivity contribution < 1.29 is 22.7 Å². The molecule has 1 aliphatic rings. The monoisotopic (exact) mass is 438 g/mol. The standard InChI is InChI=1S/C20H23ClN2O5S/c1-4-17(23(29(3,25)26)15-7-5-13(2)16(21)10-15)20(24)22-11-14-6-8-18-19(9-14)28-12-27-18/h5-10,17H,4,11-12H2,1-3H3,(H,22,24)/t17-/m1/s1. The first-order valence-corrected chi connectivity index (χ1v) is 11.3. The van der Waals surface area contributed by atoms with Crippen LogP contribution in [-0.4, -0.2) is 33.4 Å². The van der Waals surface area contributed by atoms with Crippen molar-refractivity contribution in [1.29, 1.82) is 0 Å². The number of halogens is 1. The average molecular weight is 439 g/mol. The Morgan fingerprint density at radius 3 is 2.59 bits per heavy atom. The van der Waals surface area contributed by atoms with E-state index in [1.807, 2.05) is 13.0 Å². The predicted molar refractivity (Wildman–Crippen MR) is 112 cm³/mol. The Balaban J connectivity index is 1.80. The topological polar surface area (TPSA) is 84.9 Å². The number of fused-ring (bicyclic) bond motifs is 1. The van der Waals surface area contributed by atoms with Crippen LogP contribution in [0.4, 0.5) is 5.69 Å². The molecule has 0 bridgehead atoms. The lowest BCUT2D eigenvalue weighted by atomic mass is 10.1. The van der Waals surface area contributed by atoms with Gasteiger partial charge >= 0.3 is 0 Å². The molecular weight excluding hydrogens is 416 g/mol. The number of amides is 1. The van der Waals surface area contributed by atoms with Gasteiger partial charge in [0.15, 0.2) is 11.5 Å². The lowest BCUT2D eigenvalue weighted by Gasteiger charge is -2.30. The Labute approximate surface area is 175 Å². The molecule has 1 N–H and O–H groups in total. The lowest BCUT2D eigenvalue weighted by Crippen LogP contribution is -2.49. The summed E-state index contributed by atoms with van der Waals surface area (Å²) in [6.45, 7) is 3.99. The van der Waals surface area contributed by atoms with Crippen molar-refractivity contribution in [3.05, 3.63) is 52.5 Å². The van der Waals surface area contributed by atoms with Crippen molar-refractivity contribution >= 4 is 33.2 Å². The molecule has 0 saturated heterocycles. The Kier molecular flexibility index (Phi) is 6.24. The summed E-state index contributed by atoms with van der Waals surface area (Å²) in [5.74, 6) is 0.883. The number of hydrogen-bond acceptors (Lipinski definition) is 5. The summed E-state index contributed by atoms with van der Waals surface area (Å²) in [4.78, 5) is 12.9. The van der Waals surface area contributed by atoms with E-state index in [9.17, 15) is 13.2 Å². The highest BCUT2D eigenvalue weighted by molar-refractivity contribution is 7.92. The molecule has 9 heteroatoms. The maximum absolute atomic E-state index is 12.9. The van der Waals surface area contributed by atoms with Crippen molar-refractivity contribution in [1.82, 2.24) is 5.32 Å². The van der Waals surface area contributed by atoms with E-state index in [1.54, 1.807) is 37.3 Å². The van der Waals surface area contributed by atoms with Gasteiger partial charge < -0.3 is 14.8 Å². The van der Waals surface area contributed by atoms with Crippen molar-refractivity contribution in [2.24, 2.45) is 0 Å². The summed E-state index contributed by atoms with van der Waals surface area (Å²) < 4.78 is 36.8. The molecule has 1 amide bonds. The number of aryl methyl sites for hydroxylation is 1. The van der Waals surface area contributed by atoms with Gasteiger partial charge in [0, 0.05) is 11.6 Å². The van der Waals surface area contributed by atoms with Gasteiger partial charge in [-0.2, -0.15) is 0 Å². The molecule has 156 valence electrons. The summed E-state index contributed by atoms with van der Waals surface area (Å²) in [5, 5.41) is 3.25. The first kappa shape index (κ1) is 21.3. The third kappa shape index (κ3) is 4.76. The molecule has 0 aliphatic carbocycles. The molecular formula is C20H23ClN2O5S. The molecule has 1 aliphatic heterocycles. The van der Waals surface area contributed by atoms with Crippen LogP contribution in [0.5, 0.6) is 11.5 Å². The van der Waals surface area contributed by atoms with Gasteiger partial charge in [-0.3, -0.25) is 9.10 Å². The van der Waals surface area contributed by atoms with Crippen LogP contribution in [0.25, 0.3) is 0 Å². The number of anilines is 1. The molecule has 0 fully saturated rings. The molecule has 1 atom stereocenters. The number of hydrogen-bond donors (Lipinski definition) is 1. The first-order chi connectivity index (χ1) is 13.7. The summed E-state index contributed by atoms with van der Waals surface area (Å²) in [6.07, 6.45) is 1.38. The Hall–Kier alpha value is -2.45. The highest BCUT2D eigenvalue weighted by Gasteiger charge is 2.31. The molecule has 2 aromatic carbocycles. The van der Waals surface area contributed by atoms with Crippen molar-refractivity contribution in [2.75, 3.05) is 17.4 Å². The van der Waals surface area contributed by atoms with E-state index in [0.717, 1.165) is 21.7 Å². The van der Waals surface area contributed by atoms with Gasteiger partial charge in [-0.15, -0.1) is 0 Å². The van der Waals surface area contributed by atoms with Crippen molar-refractivity contribution in [3.63, 3.8) is 0 Å². The lowest BCUT2D eigenvalue weighted by molar-refractivity contribution is -0.122. The van der Waals surface area contributed by atoms with Gasteiger partial charge in [0.05, 0.1) is 11.9 Å². The fraction of sp³-hybridized carbons (Fsp3) is 0.350. The van der Waals surface area contributed by atoms with E-state index in [-0.39, 0.29) is 13.3 Å². The quantitative estimate of drug-likeness (QED) is 0.717. The number of ether oxygens (including phenoxy) is 2. The first-order valence-electron chi connectivity index (χ1n) is 9.12. The maximum atomic E-state index is 12.9. The van der Waals surface area contributed by atoms with Crippen molar-refractivity contribution in [2.45, 2.75) is 32.9 Å². The number of carbonyl (C=O) groups is 1. The van der Waals surface area contributed by atoms with Gasteiger partial charge in [-0.05, 0) is 48.7 Å². The van der Waals surface area contributed by atoms with Gasteiger partial charge in [0.2, 0.25) is 22.7 Å². The second-order valence-electron chi connectivity index (χ2n) is 6.82. The third-order valence-corrected chi connectivity index (χ3v) is 6.23. The van der Waals surface area contributed by atoms with E-state index in [1.165, 1.54) is 0 Å². The molecule has 0 aromatic heterocycles. The highest BCUT2D eigenvalue weighted by atomic mass is 35.5. The number of carbonyl (C=O) groups excluding carboxylic acids is 1. The smallest absolute Gasteiger partial charge is 0.244 e. The van der Waals surface area contributed by atoms with Crippen LogP contribution in [-0.2, 0) is 21.4 Å². The molecule has 2 aromatic rings. The van der Waals surface area contributed by atoms with E-state index >= 15 is 0 Å². The minimum absolute atomic E-state index is 0.172. The molecule has 0 unspecified atom stereocenters. The summed E-state index contributed by atoms with van der Waals surface area (Å²) >= 11 is 6.18. The summed E-state index contributed by atoms with van der Waals surface area (Å²) in [5.41, 5.74) is 2.00. The van der Waals surface area contributed by atoms with Gasteiger partial charge in [0.25, 0.3) is 0 Å². The van der Waals surface area contributed by atoms with E-state index in [4.69, 9.17) is 21.1 Å². The Morgan fingerprint density at radius 1 is 1.21 bits per heavy atom. The molecule has 29 heavy (non-hydrogen) atoms. The van der Waals surface area contributed by atoms with Crippen LogP contribution in [0, 0.1) is 6.92 Å². The zero-order valence-electron chi connectivity index (χ0n) is 16.4. The SMILES string of the molecule is CC[C@H](C(=O)NCc1ccc2c(c1)OCO2)N(c1ccc(C)c(Cl)c1)S(C)(=O)=O. The molecule has 7 nitrogen and oxygen atoms in total. The molecule has 3 rings (SSSR count). The Bertz CT molecular complexity index is 1030. The van der Waals surface area contributed by atoms with Crippen LogP contribution in [0.3, 0.4) is 0 Å². The van der Waals surface area contributed by atoms with Crippen molar-refractivity contribution in [3.8, 4) is 11.5 Å². The molecule has 1 heterocycles. The van der Waals surface area contributed by atoms with Gasteiger partial charge in [-0.25, -0.2) is 8.42 Å². The molecule has 0 saturated carbocycles. The normalized spacial score (nSPS) is 13.8. The van der Waals surface area contributed by atoms with Crippen LogP contribution in [0.1, 0.15) is 24.5 Å². The number of nitrogens with one attached hydrogen (secondary N) is 1. The van der Waals surface area contributed by atoms with Crippen LogP contribution in [0.15, 0.2) is 36.4 Å². The molecule has 0 radical (unpaired) electrons. The fourth-order valence-electron chi connectivity index (χ4n) is 3.14. The average Bonchev–Trinajstić information content (AvgIpc) is 3.13. The van der Waals surface area contributed by atoms with Crippen LogP contribution >= 0.6 is 11.6 Å². The predicted octanol–water partition coefficient (Wildman–Crippen LogP) is 3.24. The van der Waals surface area contributed by atoms with E-state index < -0.39 is 22.0 Å². The largest absolute Gasteiger partial charge is 0.454 e. The highest BCUT2D eigenvalue weighted by Crippen LogP contribution is 2.32. The second-order valence-corrected chi connectivity index (χ2v) is 9.09. The third-order valence-electron chi connectivity index (χ3n) is 4.64. The van der Waals surface area contributed by atoms with Gasteiger partial charge in [-0.1, -0.05) is 30.7 Å². The zero-order valence-corrected chi connectivity index (χ0v) is 18.0. The second kappa shape index (κ2) is 8.51. The summed E-state index contributed by atoms with van der Waals surface area (Å²) in [6, 6.07) is 9.42. The van der Waals surface area contributed by atoms with Crippen LogP contribution in [0.2, 0.25) is 5.02 Å². The zero-order chi connectivity index (χ0) is 21.2. The van der Waals surface area contributed by atoms with Crippen LogP contribution < -0.4 is 19.1 Å². The van der Waals surface area contributed by atoms with Gasteiger partial charge in [0.1, 0.15) is 6.04 Å². The number of sulfonamides is 1. The maximum Gasteiger partial charge on any atom is 0.244 e. The number of rotatable bonds is 7. The van der Waals surface area contributed by atoms with E-state index in [2.05, 4.69) is 5.32 Å². The molecule has 0 spiro atoms. The fourth-order valence-corrected chi connectivity index (χ4v) is 4.52. The minimum atomic E-state index is -3.72. The van der Waals surface area contributed by atoms with E-state index in [0.29, 0.717) is 28.6 Å².